The summed E-state index contributed by atoms with van der Waals surface area (Å²) in [6, 6.07) is 18.8. The number of anilines is 4. The average molecular weight is 1270 g/mol. The Morgan fingerprint density at radius 1 is 0.628 bits per heavy atom. The fraction of sp³-hybridized carbons (Fsp3) is 0.143. The number of amides is 1. The van der Waals surface area contributed by atoms with Crippen LogP contribution >= 0.6 is 47.8 Å². The lowest BCUT2D eigenvalue weighted by molar-refractivity contribution is -0.386. The second-order valence-corrected chi connectivity index (χ2v) is 18.7. The number of carbonyl (C=O) groups excluding carboxylic acids is 1. The number of nitrogens with zero attached hydrogens (tertiary/aromatic N) is 7. The highest BCUT2D eigenvalue weighted by atomic mass is 79.9. The van der Waals surface area contributed by atoms with Crippen molar-refractivity contribution in [3.8, 4) is 0 Å². The van der Waals surface area contributed by atoms with Gasteiger partial charge in [-0.15, -0.1) is 0 Å². The molecule has 406 valence electrons. The molecular weight excluding hydrogens is 1230 g/mol. The van der Waals surface area contributed by atoms with Crippen LogP contribution in [0.2, 0.25) is 0 Å². The molecule has 9 aromatic rings. The molecule has 1 fully saturated rings. The zero-order chi connectivity index (χ0) is 57.0. The molecule has 0 aliphatic carbocycles. The Kier molecular flexibility index (Phi) is 20.2. The number of aliphatic hydroxyl groups excluding tert-OH is 1. The van der Waals surface area contributed by atoms with E-state index in [4.69, 9.17) is 22.3 Å². The monoisotopic (exact) mass is 1270 g/mol. The van der Waals surface area contributed by atoms with Gasteiger partial charge in [-0.05, 0) is 108 Å². The lowest BCUT2D eigenvalue weighted by Gasteiger charge is -2.36. The van der Waals surface area contributed by atoms with Crippen LogP contribution in [0.5, 0.6) is 0 Å². The number of nitro benzene ring substituents is 1. The first-order chi connectivity index (χ1) is 37.1. The molecule has 0 atom stereocenters. The first-order valence-electron chi connectivity index (χ1n) is 22.4. The van der Waals surface area contributed by atoms with E-state index in [1.54, 1.807) is 55.7 Å². The summed E-state index contributed by atoms with van der Waals surface area (Å²) in [5.41, 5.74) is 17.4. The minimum absolute atomic E-state index is 0.00521. The number of aromatic nitrogens is 7. The Morgan fingerprint density at radius 3 is 1.56 bits per heavy atom. The zero-order valence-corrected chi connectivity index (χ0v) is 45.0. The maximum atomic E-state index is 14.8. The van der Waals surface area contributed by atoms with Crippen LogP contribution in [-0.4, -0.2) is 89.0 Å². The van der Waals surface area contributed by atoms with Crippen molar-refractivity contribution >= 4 is 115 Å². The zero-order valence-electron chi connectivity index (χ0n) is 40.3. The third kappa shape index (κ3) is 14.6. The number of nitrogens with two attached hydrogens (primary N) is 3. The van der Waals surface area contributed by atoms with Crippen LogP contribution in [-0.2, 0) is 13.2 Å². The van der Waals surface area contributed by atoms with Gasteiger partial charge in [0, 0.05) is 50.9 Å². The Hall–Kier alpha value is -8.25. The summed E-state index contributed by atoms with van der Waals surface area (Å²) in [4.78, 5) is 81.5. The van der Waals surface area contributed by atoms with E-state index in [-0.39, 0.29) is 49.6 Å². The second kappa shape index (κ2) is 26.7. The van der Waals surface area contributed by atoms with Crippen molar-refractivity contribution in [2.75, 3.05) is 55.3 Å². The number of pyridine rings is 1. The van der Waals surface area contributed by atoms with Gasteiger partial charge in [-0.3, -0.25) is 34.2 Å². The average Bonchev–Trinajstić information content (AvgIpc) is 3.45. The van der Waals surface area contributed by atoms with E-state index in [0.717, 1.165) is 50.5 Å². The SMILES string of the molecule is CNC(=O)c1ccc(N2CCN(Cc3ccc4ncc(=O)[nH]c4c3F)CC2)cn1.Nc1ccc(Br)c(F)c1N.Nc1ccc(Br)c(F)c1[N+](=O)[O-].O=c1cnc2ccc(Br)c(F)c2[nH]1.O=c1cnc2ccc(CO)c(F)c2[nH]1. The molecule has 0 bridgehead atoms. The molecule has 1 aliphatic heterocycles. The second-order valence-electron chi connectivity index (χ2n) is 16.2. The number of nitrogens with one attached hydrogen (secondary N) is 4. The van der Waals surface area contributed by atoms with Crippen molar-refractivity contribution in [1.29, 1.82) is 0 Å². The van der Waals surface area contributed by atoms with Crippen LogP contribution in [0.25, 0.3) is 33.1 Å². The number of nitro groups is 1. The normalized spacial score (nSPS) is 12.0. The molecule has 10 rings (SSSR count). The molecule has 29 heteroatoms. The van der Waals surface area contributed by atoms with Crippen LogP contribution in [0.4, 0.5) is 50.4 Å². The first-order valence-corrected chi connectivity index (χ1v) is 24.8. The number of aliphatic hydroxyl groups is 1. The van der Waals surface area contributed by atoms with E-state index >= 15 is 0 Å². The molecule has 5 aromatic carbocycles. The number of rotatable bonds is 6. The van der Waals surface area contributed by atoms with Crippen LogP contribution in [0.3, 0.4) is 0 Å². The highest BCUT2D eigenvalue weighted by Crippen LogP contribution is 2.30. The van der Waals surface area contributed by atoms with E-state index < -0.39 is 63.0 Å². The molecule has 1 amide bonds. The van der Waals surface area contributed by atoms with Gasteiger partial charge in [0.05, 0.1) is 83.3 Å². The number of nitrogen functional groups attached to an aromatic ring is 3. The molecule has 1 saturated heterocycles. The number of hydrogen-bond donors (Lipinski definition) is 8. The number of carbonyl (C=O) groups is 1. The Balaban J connectivity index is 0.000000170. The summed E-state index contributed by atoms with van der Waals surface area (Å²) in [5.74, 6) is -3.21. The third-order valence-electron chi connectivity index (χ3n) is 11.1. The summed E-state index contributed by atoms with van der Waals surface area (Å²) < 4.78 is 67.9. The molecule has 4 aromatic heterocycles. The number of halogens is 8. The Bertz CT molecular complexity index is 3830. The summed E-state index contributed by atoms with van der Waals surface area (Å²) in [6.07, 6.45) is 5.05. The highest BCUT2D eigenvalue weighted by molar-refractivity contribution is 9.11. The fourth-order valence-electron chi connectivity index (χ4n) is 7.10. The maximum absolute atomic E-state index is 14.8. The van der Waals surface area contributed by atoms with E-state index in [1.807, 2.05) is 6.07 Å². The smallest absolute Gasteiger partial charge is 0.328 e. The van der Waals surface area contributed by atoms with E-state index in [9.17, 15) is 51.2 Å². The number of hydrogen-bond acceptors (Lipinski definition) is 16. The first kappa shape index (κ1) is 59.0. The van der Waals surface area contributed by atoms with Gasteiger partial charge >= 0.3 is 5.69 Å². The fourth-order valence-corrected chi connectivity index (χ4v) is 8.09. The van der Waals surface area contributed by atoms with Gasteiger partial charge in [0.15, 0.2) is 23.3 Å². The lowest BCUT2D eigenvalue weighted by atomic mass is 10.1. The van der Waals surface area contributed by atoms with Gasteiger partial charge in [-0.25, -0.2) is 37.5 Å². The summed E-state index contributed by atoms with van der Waals surface area (Å²) in [6.45, 7) is 3.12. The number of piperazine rings is 1. The molecule has 5 heterocycles. The van der Waals surface area contributed by atoms with Crippen LogP contribution in [0, 0.1) is 39.2 Å². The summed E-state index contributed by atoms with van der Waals surface area (Å²) in [7, 11) is 1.57. The topological polar surface area (TPSA) is 327 Å². The Morgan fingerprint density at radius 2 is 1.09 bits per heavy atom. The molecule has 0 spiro atoms. The number of benzene rings is 5. The van der Waals surface area contributed by atoms with Crippen molar-refractivity contribution in [2.45, 2.75) is 13.2 Å². The van der Waals surface area contributed by atoms with Gasteiger partial charge < -0.3 is 47.5 Å². The van der Waals surface area contributed by atoms with Crippen molar-refractivity contribution in [1.82, 2.24) is 45.1 Å². The quantitative estimate of drug-likeness (QED) is 0.0349. The van der Waals surface area contributed by atoms with Crippen LogP contribution in [0.15, 0.2) is 125 Å². The third-order valence-corrected chi connectivity index (χ3v) is 13.0. The van der Waals surface area contributed by atoms with E-state index in [0.29, 0.717) is 43.3 Å². The highest BCUT2D eigenvalue weighted by Gasteiger charge is 2.22. The largest absolute Gasteiger partial charge is 0.397 e. The van der Waals surface area contributed by atoms with Gasteiger partial charge in [-0.2, -0.15) is 4.39 Å². The molecule has 11 N–H and O–H groups in total. The standard InChI is InChI=1S/C20H21FN6O2.C9H7FN2O2.C8H4BrFN2O.C6H4BrFN2O2.C6H6BrFN2/c1-22-20(29)16-5-3-14(10-23-16)27-8-6-26(7-9-27)12-13-2-4-15-19(18(13)21)25-17(28)11-24-15;10-8-5(4-13)1-2-6-9(8)12-7(14)3-11-6;9-4-1-2-5-8(7(4)10)12-6(13)3-11-5;7-3-1-2-4(9)6(5(3)8)10(11)12;7-3-1-2-4(9)6(10)5(3)8/h2-5,10-11H,6-9,12H2,1H3,(H,22,29)(H,25,28);1-3,13H,4H2,(H,12,14);1-3H,(H,12,13);1-2H,9H2;1-2H,9-10H2. The van der Waals surface area contributed by atoms with Gasteiger partial charge in [0.25, 0.3) is 22.6 Å². The summed E-state index contributed by atoms with van der Waals surface area (Å²) in [5, 5.41) is 21.6. The molecule has 21 nitrogen and oxygen atoms in total. The molecular formula is C49H42Br3F5N14O7. The molecule has 0 saturated carbocycles. The van der Waals surface area contributed by atoms with Crippen LogP contribution < -0.4 is 44.1 Å². The lowest BCUT2D eigenvalue weighted by Crippen LogP contribution is -2.46. The van der Waals surface area contributed by atoms with Gasteiger partial charge in [0.1, 0.15) is 27.9 Å². The number of fused-ring (bicyclic) bond motifs is 3. The van der Waals surface area contributed by atoms with Gasteiger partial charge in [0.2, 0.25) is 5.82 Å². The minimum atomic E-state index is -0.944. The molecule has 0 radical (unpaired) electrons. The number of H-pyrrole nitrogens is 3. The van der Waals surface area contributed by atoms with Crippen molar-refractivity contribution < 1.29 is 36.8 Å². The predicted octanol–water partition coefficient (Wildman–Crippen LogP) is 7.35. The van der Waals surface area contributed by atoms with Crippen LogP contribution in [0.1, 0.15) is 21.6 Å². The Labute approximate surface area is 461 Å². The summed E-state index contributed by atoms with van der Waals surface area (Å²) >= 11 is 8.80. The predicted molar refractivity (Wildman–Crippen MR) is 294 cm³/mol. The molecule has 1 aliphatic rings. The van der Waals surface area contributed by atoms with Gasteiger partial charge in [-0.1, -0.05) is 12.1 Å². The maximum Gasteiger partial charge on any atom is 0.328 e. The van der Waals surface area contributed by atoms with E-state index in [2.05, 4.69) is 97.8 Å². The van der Waals surface area contributed by atoms with Crippen molar-refractivity contribution in [3.63, 3.8) is 0 Å². The van der Waals surface area contributed by atoms with Crippen molar-refractivity contribution in [3.05, 3.63) is 198 Å². The molecule has 0 unspecified atom stereocenters. The van der Waals surface area contributed by atoms with E-state index in [1.165, 1.54) is 24.3 Å². The molecule has 78 heavy (non-hydrogen) atoms. The minimum Gasteiger partial charge on any atom is -0.397 e. The number of aromatic amines is 3. The van der Waals surface area contributed by atoms with Crippen molar-refractivity contribution in [2.24, 2.45) is 0 Å².